The van der Waals surface area contributed by atoms with Gasteiger partial charge in [0.05, 0.1) is 6.04 Å². The summed E-state index contributed by atoms with van der Waals surface area (Å²) in [5, 5.41) is 6.25. The molecule has 0 bridgehead atoms. The standard InChI is InChI=1S/C15H19N5O.2ClH/c21-15(13-5-1-2-6-17-13)19-10-12-4-3-7-18-14(12)20-9-8-16-11-20;;/h3-4,7-9,11,13,17H,1-2,5-6,10H2,(H,19,21);2*1H. The van der Waals surface area contributed by atoms with Gasteiger partial charge in [-0.05, 0) is 25.5 Å². The summed E-state index contributed by atoms with van der Waals surface area (Å²) in [6.07, 6.45) is 10.2. The Balaban J connectivity index is 0.00000132. The van der Waals surface area contributed by atoms with E-state index >= 15 is 0 Å². The number of carbonyl (C=O) groups excluding carboxylic acids is 1. The molecule has 0 spiro atoms. The number of amides is 1. The fourth-order valence-electron chi connectivity index (χ4n) is 2.57. The van der Waals surface area contributed by atoms with Crippen LogP contribution in [0.1, 0.15) is 24.8 Å². The third-order valence-corrected chi connectivity index (χ3v) is 3.70. The Morgan fingerprint density at radius 3 is 2.91 bits per heavy atom. The van der Waals surface area contributed by atoms with E-state index in [0.29, 0.717) is 6.54 Å². The van der Waals surface area contributed by atoms with E-state index in [0.717, 1.165) is 37.2 Å². The lowest BCUT2D eigenvalue weighted by atomic mass is 10.0. The number of piperidine rings is 1. The van der Waals surface area contributed by atoms with Gasteiger partial charge in [0.25, 0.3) is 0 Å². The highest BCUT2D eigenvalue weighted by atomic mass is 35.5. The Bertz CT molecular complexity index is 600. The van der Waals surface area contributed by atoms with Gasteiger partial charge in [-0.25, -0.2) is 9.97 Å². The number of pyridine rings is 1. The van der Waals surface area contributed by atoms with Crippen molar-refractivity contribution in [1.82, 2.24) is 25.2 Å². The van der Waals surface area contributed by atoms with Crippen LogP contribution in [0.3, 0.4) is 0 Å². The first kappa shape index (κ1) is 19.4. The van der Waals surface area contributed by atoms with Gasteiger partial charge in [-0.15, -0.1) is 24.8 Å². The molecule has 1 atom stereocenters. The van der Waals surface area contributed by atoms with Crippen LogP contribution < -0.4 is 10.6 Å². The van der Waals surface area contributed by atoms with Crippen LogP contribution in [0.2, 0.25) is 0 Å². The monoisotopic (exact) mass is 357 g/mol. The van der Waals surface area contributed by atoms with Crippen molar-refractivity contribution in [3.63, 3.8) is 0 Å². The molecule has 1 aliphatic rings. The molecule has 6 nitrogen and oxygen atoms in total. The SMILES string of the molecule is Cl.Cl.O=C(NCc1cccnc1-n1ccnc1)C1CCCCN1. The van der Waals surface area contributed by atoms with E-state index in [1.165, 1.54) is 0 Å². The summed E-state index contributed by atoms with van der Waals surface area (Å²) < 4.78 is 1.85. The summed E-state index contributed by atoms with van der Waals surface area (Å²) in [5.41, 5.74) is 0.972. The van der Waals surface area contributed by atoms with Gasteiger partial charge in [0.2, 0.25) is 5.91 Å². The van der Waals surface area contributed by atoms with Crippen LogP contribution in [0.5, 0.6) is 0 Å². The zero-order valence-electron chi connectivity index (χ0n) is 12.6. The molecule has 126 valence electrons. The number of hydrogen-bond acceptors (Lipinski definition) is 4. The van der Waals surface area contributed by atoms with Crippen molar-refractivity contribution < 1.29 is 4.79 Å². The zero-order chi connectivity index (χ0) is 14.5. The lowest BCUT2D eigenvalue weighted by Gasteiger charge is -2.22. The second-order valence-electron chi connectivity index (χ2n) is 5.18. The minimum Gasteiger partial charge on any atom is -0.351 e. The van der Waals surface area contributed by atoms with Crippen molar-refractivity contribution in [1.29, 1.82) is 0 Å². The minimum absolute atomic E-state index is 0. The molecule has 1 aliphatic heterocycles. The molecular weight excluding hydrogens is 337 g/mol. The number of imidazole rings is 1. The number of nitrogens with zero attached hydrogens (tertiary/aromatic N) is 3. The third kappa shape index (κ3) is 4.92. The van der Waals surface area contributed by atoms with Crippen LogP contribution in [0, 0.1) is 0 Å². The van der Waals surface area contributed by atoms with Crippen LogP contribution in [0.4, 0.5) is 0 Å². The van der Waals surface area contributed by atoms with Crippen LogP contribution in [0.15, 0.2) is 37.1 Å². The van der Waals surface area contributed by atoms with Crippen molar-refractivity contribution in [2.24, 2.45) is 0 Å². The molecule has 23 heavy (non-hydrogen) atoms. The molecule has 0 saturated carbocycles. The van der Waals surface area contributed by atoms with Gasteiger partial charge >= 0.3 is 0 Å². The maximum absolute atomic E-state index is 12.2. The molecule has 2 aromatic rings. The Kier molecular flexibility index (Phi) is 8.02. The van der Waals surface area contributed by atoms with E-state index in [1.807, 2.05) is 22.9 Å². The molecule has 8 heteroatoms. The highest BCUT2D eigenvalue weighted by Crippen LogP contribution is 2.11. The van der Waals surface area contributed by atoms with Crippen LogP contribution >= 0.6 is 24.8 Å². The minimum atomic E-state index is -0.0629. The first-order valence-corrected chi connectivity index (χ1v) is 7.28. The lowest BCUT2D eigenvalue weighted by molar-refractivity contribution is -0.123. The maximum Gasteiger partial charge on any atom is 0.237 e. The smallest absolute Gasteiger partial charge is 0.237 e. The fraction of sp³-hybridized carbons (Fsp3) is 0.400. The van der Waals surface area contributed by atoms with E-state index in [-0.39, 0.29) is 36.8 Å². The Morgan fingerprint density at radius 2 is 2.22 bits per heavy atom. The molecule has 2 N–H and O–H groups in total. The van der Waals surface area contributed by atoms with Crippen molar-refractivity contribution in [2.75, 3.05) is 6.54 Å². The number of rotatable bonds is 4. The number of nitrogens with one attached hydrogen (secondary N) is 2. The zero-order valence-corrected chi connectivity index (χ0v) is 14.3. The van der Waals surface area contributed by atoms with E-state index < -0.39 is 0 Å². The Labute approximate surface area is 147 Å². The topological polar surface area (TPSA) is 71.8 Å². The molecule has 0 aliphatic carbocycles. The highest BCUT2D eigenvalue weighted by molar-refractivity contribution is 5.85. The van der Waals surface area contributed by atoms with Crippen molar-refractivity contribution >= 4 is 30.7 Å². The van der Waals surface area contributed by atoms with Gasteiger partial charge < -0.3 is 10.6 Å². The second-order valence-corrected chi connectivity index (χ2v) is 5.18. The fourth-order valence-corrected chi connectivity index (χ4v) is 2.57. The summed E-state index contributed by atoms with van der Waals surface area (Å²) in [4.78, 5) is 20.6. The molecule has 1 unspecified atom stereocenters. The first-order chi connectivity index (χ1) is 10.3. The lowest BCUT2D eigenvalue weighted by Crippen LogP contribution is -2.46. The number of halogens is 2. The van der Waals surface area contributed by atoms with Crippen LogP contribution in [0.25, 0.3) is 5.82 Å². The number of carbonyl (C=O) groups is 1. The van der Waals surface area contributed by atoms with Crippen molar-refractivity contribution in [3.8, 4) is 5.82 Å². The van der Waals surface area contributed by atoms with Gasteiger partial charge in [-0.3, -0.25) is 9.36 Å². The molecule has 2 aromatic heterocycles. The quantitative estimate of drug-likeness (QED) is 0.875. The maximum atomic E-state index is 12.2. The van der Waals surface area contributed by atoms with Crippen LogP contribution in [-0.4, -0.2) is 33.0 Å². The molecule has 1 saturated heterocycles. The summed E-state index contributed by atoms with van der Waals surface area (Å²) in [7, 11) is 0. The predicted molar refractivity (Wildman–Crippen MR) is 93.3 cm³/mol. The van der Waals surface area contributed by atoms with Gasteiger partial charge in [0.1, 0.15) is 12.1 Å². The number of aromatic nitrogens is 3. The van der Waals surface area contributed by atoms with Gasteiger partial charge in [0.15, 0.2) is 0 Å². The van der Waals surface area contributed by atoms with Crippen LogP contribution in [-0.2, 0) is 11.3 Å². The van der Waals surface area contributed by atoms with Crippen molar-refractivity contribution in [2.45, 2.75) is 31.8 Å². The first-order valence-electron chi connectivity index (χ1n) is 7.28. The molecule has 0 radical (unpaired) electrons. The van der Waals surface area contributed by atoms with Crippen molar-refractivity contribution in [3.05, 3.63) is 42.6 Å². The van der Waals surface area contributed by atoms with Gasteiger partial charge in [-0.2, -0.15) is 0 Å². The summed E-state index contributed by atoms with van der Waals surface area (Å²) >= 11 is 0. The third-order valence-electron chi connectivity index (χ3n) is 3.70. The van der Waals surface area contributed by atoms with E-state index in [4.69, 9.17) is 0 Å². The highest BCUT2D eigenvalue weighted by Gasteiger charge is 2.20. The Morgan fingerprint density at radius 1 is 1.35 bits per heavy atom. The average Bonchev–Trinajstić information content (AvgIpc) is 3.08. The van der Waals surface area contributed by atoms with E-state index in [1.54, 1.807) is 18.7 Å². The molecule has 3 heterocycles. The molecule has 1 amide bonds. The average molecular weight is 358 g/mol. The summed E-state index contributed by atoms with van der Waals surface area (Å²) in [6, 6.07) is 3.78. The molecular formula is C15H21Cl2N5O. The summed E-state index contributed by atoms with van der Waals surface area (Å²) in [6.45, 7) is 1.39. The molecule has 1 fully saturated rings. The number of hydrogen-bond donors (Lipinski definition) is 2. The van der Waals surface area contributed by atoms with E-state index in [9.17, 15) is 4.79 Å². The van der Waals surface area contributed by atoms with Gasteiger partial charge in [0, 0.05) is 30.7 Å². The van der Waals surface area contributed by atoms with Gasteiger partial charge in [-0.1, -0.05) is 12.5 Å². The van der Waals surface area contributed by atoms with E-state index in [2.05, 4.69) is 20.6 Å². The predicted octanol–water partition coefficient (Wildman–Crippen LogP) is 1.87. The second kappa shape index (κ2) is 9.50. The summed E-state index contributed by atoms with van der Waals surface area (Å²) in [5.74, 6) is 0.863. The Hall–Kier alpha value is -1.63. The largest absolute Gasteiger partial charge is 0.351 e. The normalized spacial score (nSPS) is 16.8. The molecule has 0 aromatic carbocycles. The molecule has 3 rings (SSSR count).